The number of fused-ring (bicyclic) bond motifs is 1. The maximum absolute atomic E-state index is 5.65. The lowest BCUT2D eigenvalue weighted by atomic mass is 10.0. The van der Waals surface area contributed by atoms with E-state index in [1.54, 1.807) is 7.11 Å². The predicted octanol–water partition coefficient (Wildman–Crippen LogP) is 8.98. The maximum Gasteiger partial charge on any atom is 0.147 e. The van der Waals surface area contributed by atoms with E-state index in [4.69, 9.17) is 4.74 Å². The van der Waals surface area contributed by atoms with E-state index in [0.717, 1.165) is 12.2 Å². The van der Waals surface area contributed by atoms with Crippen molar-refractivity contribution in [1.82, 2.24) is 4.98 Å². The number of rotatable bonds is 18. The summed E-state index contributed by atoms with van der Waals surface area (Å²) in [6.07, 6.45) is 23.8. The van der Waals surface area contributed by atoms with Gasteiger partial charge in [0, 0.05) is 10.9 Å². The van der Waals surface area contributed by atoms with Crippen LogP contribution in [0.2, 0.25) is 0 Å². The first-order valence-electron chi connectivity index (χ1n) is 12.5. The Morgan fingerprint density at radius 3 is 1.66 bits per heavy atom. The Kier molecular flexibility index (Phi) is 12.7. The van der Waals surface area contributed by atoms with Gasteiger partial charge in [0.05, 0.1) is 12.8 Å². The Hall–Kier alpha value is -1.44. The van der Waals surface area contributed by atoms with Crippen LogP contribution in [-0.4, -0.2) is 12.1 Å². The third-order valence-corrected chi connectivity index (χ3v) is 6.22. The summed E-state index contributed by atoms with van der Waals surface area (Å²) in [5, 5.41) is 1.21. The highest BCUT2D eigenvalue weighted by molar-refractivity contribution is 5.87. The number of methoxy groups -OCH3 is 1. The van der Waals surface area contributed by atoms with Crippen molar-refractivity contribution in [2.24, 2.45) is 0 Å². The fourth-order valence-corrected chi connectivity index (χ4v) is 4.43. The quantitative estimate of drug-likeness (QED) is 0.248. The van der Waals surface area contributed by atoms with E-state index in [0.29, 0.717) is 0 Å². The minimum atomic E-state index is 1.04. The molecule has 2 heteroatoms. The van der Waals surface area contributed by atoms with E-state index in [2.05, 4.69) is 36.2 Å². The molecule has 0 aliphatic heterocycles. The molecule has 0 saturated carbocycles. The molecule has 1 N–H and O–H groups in total. The second kappa shape index (κ2) is 15.4. The van der Waals surface area contributed by atoms with E-state index in [-0.39, 0.29) is 0 Å². The largest absolute Gasteiger partial charge is 0.494 e. The zero-order valence-electron chi connectivity index (χ0n) is 19.2. The number of unbranched alkanes of at least 4 members (excludes halogenated alkanes) is 15. The van der Waals surface area contributed by atoms with Crippen molar-refractivity contribution in [1.29, 1.82) is 0 Å². The Balaban J connectivity index is 1.40. The Morgan fingerprint density at radius 1 is 0.655 bits per heavy atom. The third-order valence-electron chi connectivity index (χ3n) is 6.22. The van der Waals surface area contributed by atoms with Gasteiger partial charge in [-0.25, -0.2) is 0 Å². The molecule has 29 heavy (non-hydrogen) atoms. The summed E-state index contributed by atoms with van der Waals surface area (Å²) >= 11 is 0. The standard InChI is InChI=1S/C27H45NO/c1-3-4-5-6-7-8-9-10-11-12-13-14-15-16-17-18-23-26-27(29-2)24-21-19-20-22-25(24)28-26/h19-22,28H,3-18,23H2,1-2H3. The van der Waals surface area contributed by atoms with Crippen LogP contribution in [0.3, 0.4) is 0 Å². The van der Waals surface area contributed by atoms with Gasteiger partial charge in [-0.05, 0) is 25.0 Å². The average molecular weight is 400 g/mol. The van der Waals surface area contributed by atoms with Crippen molar-refractivity contribution < 1.29 is 4.74 Å². The molecule has 2 nitrogen and oxygen atoms in total. The van der Waals surface area contributed by atoms with E-state index in [1.807, 2.05) is 0 Å². The molecule has 0 fully saturated rings. The number of aryl methyl sites for hydroxylation is 1. The fraction of sp³-hybridized carbons (Fsp3) is 0.704. The van der Waals surface area contributed by atoms with Crippen LogP contribution < -0.4 is 4.74 Å². The second-order valence-corrected chi connectivity index (χ2v) is 8.74. The smallest absolute Gasteiger partial charge is 0.147 e. The minimum absolute atomic E-state index is 1.04. The first-order chi connectivity index (χ1) is 14.4. The average Bonchev–Trinajstić information content (AvgIpc) is 3.10. The monoisotopic (exact) mass is 399 g/mol. The fourth-order valence-electron chi connectivity index (χ4n) is 4.43. The van der Waals surface area contributed by atoms with Gasteiger partial charge < -0.3 is 9.72 Å². The van der Waals surface area contributed by atoms with Crippen LogP contribution in [0.4, 0.5) is 0 Å². The third kappa shape index (κ3) is 9.28. The van der Waals surface area contributed by atoms with Gasteiger partial charge in [-0.2, -0.15) is 0 Å². The summed E-state index contributed by atoms with van der Waals surface area (Å²) in [5.74, 6) is 1.04. The number of hydrogen-bond acceptors (Lipinski definition) is 1. The van der Waals surface area contributed by atoms with Gasteiger partial charge in [0.1, 0.15) is 5.75 Å². The molecule has 0 spiro atoms. The summed E-state index contributed by atoms with van der Waals surface area (Å²) < 4.78 is 5.65. The number of benzene rings is 1. The molecule has 1 aromatic carbocycles. The SMILES string of the molecule is CCCCCCCCCCCCCCCCCCc1[nH]c2ccccc2c1OC. The Labute approximate surface area is 179 Å². The molecule has 0 radical (unpaired) electrons. The van der Waals surface area contributed by atoms with Crippen LogP contribution in [0.15, 0.2) is 24.3 Å². The number of H-pyrrole nitrogens is 1. The predicted molar refractivity (Wildman–Crippen MR) is 128 cm³/mol. The first kappa shape index (κ1) is 23.8. The summed E-state index contributed by atoms with van der Waals surface area (Å²) in [4.78, 5) is 3.54. The van der Waals surface area contributed by atoms with Gasteiger partial charge in [-0.3, -0.25) is 0 Å². The van der Waals surface area contributed by atoms with Gasteiger partial charge in [-0.1, -0.05) is 115 Å². The lowest BCUT2D eigenvalue weighted by Gasteiger charge is -2.05. The zero-order valence-corrected chi connectivity index (χ0v) is 19.2. The molecular formula is C27H45NO. The molecule has 0 unspecified atom stereocenters. The molecule has 0 aliphatic rings. The highest BCUT2D eigenvalue weighted by Gasteiger charge is 2.10. The van der Waals surface area contributed by atoms with Gasteiger partial charge in [0.15, 0.2) is 0 Å². The van der Waals surface area contributed by atoms with Crippen LogP contribution in [-0.2, 0) is 6.42 Å². The first-order valence-corrected chi connectivity index (χ1v) is 12.5. The lowest BCUT2D eigenvalue weighted by Crippen LogP contribution is -1.91. The molecule has 1 aromatic heterocycles. The van der Waals surface area contributed by atoms with Gasteiger partial charge in [0.2, 0.25) is 0 Å². The van der Waals surface area contributed by atoms with Gasteiger partial charge in [0.25, 0.3) is 0 Å². The van der Waals surface area contributed by atoms with Crippen molar-refractivity contribution in [3.8, 4) is 5.75 Å². The second-order valence-electron chi connectivity index (χ2n) is 8.74. The van der Waals surface area contributed by atoms with Crippen molar-refractivity contribution in [3.05, 3.63) is 30.0 Å². The van der Waals surface area contributed by atoms with Crippen LogP contribution in [0, 0.1) is 0 Å². The Bertz CT molecular complexity index is 645. The minimum Gasteiger partial charge on any atom is -0.494 e. The zero-order chi connectivity index (χ0) is 20.6. The highest BCUT2D eigenvalue weighted by Crippen LogP contribution is 2.30. The van der Waals surface area contributed by atoms with Crippen LogP contribution in [0.5, 0.6) is 5.75 Å². The number of aromatic amines is 1. The van der Waals surface area contributed by atoms with E-state index in [1.165, 1.54) is 119 Å². The highest BCUT2D eigenvalue weighted by atomic mass is 16.5. The van der Waals surface area contributed by atoms with E-state index < -0.39 is 0 Å². The molecule has 2 rings (SSSR count). The number of hydrogen-bond donors (Lipinski definition) is 1. The summed E-state index contributed by atoms with van der Waals surface area (Å²) in [6.45, 7) is 2.29. The van der Waals surface area contributed by atoms with E-state index >= 15 is 0 Å². The molecular weight excluding hydrogens is 354 g/mol. The molecule has 0 bridgehead atoms. The number of aromatic nitrogens is 1. The van der Waals surface area contributed by atoms with Crippen LogP contribution in [0.1, 0.15) is 115 Å². The van der Waals surface area contributed by atoms with Gasteiger partial charge >= 0.3 is 0 Å². The summed E-state index contributed by atoms with van der Waals surface area (Å²) in [7, 11) is 1.78. The molecule has 0 aliphatic carbocycles. The summed E-state index contributed by atoms with van der Waals surface area (Å²) in [5.41, 5.74) is 2.45. The molecule has 164 valence electrons. The molecule has 0 atom stereocenters. The lowest BCUT2D eigenvalue weighted by molar-refractivity contribution is 0.413. The normalized spacial score (nSPS) is 11.4. The number of para-hydroxylation sites is 1. The van der Waals surface area contributed by atoms with Gasteiger partial charge in [-0.15, -0.1) is 0 Å². The van der Waals surface area contributed by atoms with E-state index in [9.17, 15) is 0 Å². The van der Waals surface area contributed by atoms with Crippen molar-refractivity contribution in [3.63, 3.8) is 0 Å². The van der Waals surface area contributed by atoms with Crippen LogP contribution >= 0.6 is 0 Å². The van der Waals surface area contributed by atoms with Crippen molar-refractivity contribution in [2.75, 3.05) is 7.11 Å². The molecule has 0 saturated heterocycles. The van der Waals surface area contributed by atoms with Crippen LogP contribution in [0.25, 0.3) is 10.9 Å². The van der Waals surface area contributed by atoms with Crippen molar-refractivity contribution >= 4 is 10.9 Å². The maximum atomic E-state index is 5.65. The van der Waals surface area contributed by atoms with Crippen molar-refractivity contribution in [2.45, 2.75) is 116 Å². The number of nitrogens with one attached hydrogen (secondary N) is 1. The molecule has 0 amide bonds. The molecule has 2 aromatic rings. The Morgan fingerprint density at radius 2 is 1.14 bits per heavy atom. The summed E-state index contributed by atoms with van der Waals surface area (Å²) in [6, 6.07) is 8.44. The molecule has 1 heterocycles. The topological polar surface area (TPSA) is 25.0 Å². The number of ether oxygens (including phenoxy) is 1.